The SMILES string of the molecule is Cc1ccc(C#N)cc1OC(C)C(=O)NCC(C)C. The van der Waals surface area contributed by atoms with Gasteiger partial charge in [-0.05, 0) is 37.5 Å². The van der Waals surface area contributed by atoms with Gasteiger partial charge in [0.25, 0.3) is 5.91 Å². The molecule has 0 aromatic heterocycles. The zero-order valence-corrected chi connectivity index (χ0v) is 11.9. The first-order valence-corrected chi connectivity index (χ1v) is 6.39. The lowest BCUT2D eigenvalue weighted by Crippen LogP contribution is -2.38. The van der Waals surface area contributed by atoms with Crippen LogP contribution in [-0.4, -0.2) is 18.6 Å². The highest BCUT2D eigenvalue weighted by Crippen LogP contribution is 2.20. The molecular weight excluding hydrogens is 240 g/mol. The van der Waals surface area contributed by atoms with Crippen LogP contribution in [0.5, 0.6) is 5.75 Å². The van der Waals surface area contributed by atoms with Gasteiger partial charge >= 0.3 is 0 Å². The Morgan fingerprint density at radius 1 is 1.42 bits per heavy atom. The van der Waals surface area contributed by atoms with E-state index in [4.69, 9.17) is 10.00 Å². The van der Waals surface area contributed by atoms with Gasteiger partial charge < -0.3 is 10.1 Å². The highest BCUT2D eigenvalue weighted by atomic mass is 16.5. The average molecular weight is 260 g/mol. The van der Waals surface area contributed by atoms with Gasteiger partial charge in [-0.3, -0.25) is 4.79 Å². The summed E-state index contributed by atoms with van der Waals surface area (Å²) in [6.45, 7) is 8.28. The van der Waals surface area contributed by atoms with Crippen LogP contribution in [0.15, 0.2) is 18.2 Å². The summed E-state index contributed by atoms with van der Waals surface area (Å²) >= 11 is 0. The fourth-order valence-electron chi connectivity index (χ4n) is 1.49. The monoisotopic (exact) mass is 260 g/mol. The molecule has 1 N–H and O–H groups in total. The first-order valence-electron chi connectivity index (χ1n) is 6.39. The Hall–Kier alpha value is -2.02. The fourth-order valence-corrected chi connectivity index (χ4v) is 1.49. The zero-order chi connectivity index (χ0) is 14.4. The summed E-state index contributed by atoms with van der Waals surface area (Å²) in [5.74, 6) is 0.835. The molecule has 102 valence electrons. The number of amides is 1. The molecule has 0 fully saturated rings. The van der Waals surface area contributed by atoms with Gasteiger partial charge in [-0.25, -0.2) is 0 Å². The maximum absolute atomic E-state index is 11.8. The van der Waals surface area contributed by atoms with Crippen LogP contribution in [0.25, 0.3) is 0 Å². The van der Waals surface area contributed by atoms with Crippen LogP contribution in [0.3, 0.4) is 0 Å². The number of nitrogens with one attached hydrogen (secondary N) is 1. The first kappa shape index (κ1) is 15.0. The summed E-state index contributed by atoms with van der Waals surface area (Å²) in [6.07, 6.45) is -0.577. The molecule has 19 heavy (non-hydrogen) atoms. The van der Waals surface area contributed by atoms with Crippen molar-refractivity contribution in [1.82, 2.24) is 5.32 Å². The second kappa shape index (κ2) is 6.79. The smallest absolute Gasteiger partial charge is 0.260 e. The lowest BCUT2D eigenvalue weighted by atomic mass is 10.1. The number of nitriles is 1. The third-order valence-corrected chi connectivity index (χ3v) is 2.67. The van der Waals surface area contributed by atoms with Gasteiger partial charge in [0, 0.05) is 6.54 Å². The number of benzene rings is 1. The number of carbonyl (C=O) groups is 1. The van der Waals surface area contributed by atoms with Crippen LogP contribution in [-0.2, 0) is 4.79 Å². The Morgan fingerprint density at radius 2 is 2.11 bits per heavy atom. The third-order valence-electron chi connectivity index (χ3n) is 2.67. The lowest BCUT2D eigenvalue weighted by molar-refractivity contribution is -0.127. The minimum absolute atomic E-state index is 0.143. The van der Waals surface area contributed by atoms with E-state index in [1.807, 2.05) is 26.8 Å². The molecule has 0 heterocycles. The summed E-state index contributed by atoms with van der Waals surface area (Å²) in [5, 5.41) is 11.7. The number of carbonyl (C=O) groups excluding carboxylic acids is 1. The predicted molar refractivity (Wildman–Crippen MR) is 73.8 cm³/mol. The molecule has 1 amide bonds. The highest BCUT2D eigenvalue weighted by Gasteiger charge is 2.15. The van der Waals surface area contributed by atoms with Gasteiger partial charge in [-0.1, -0.05) is 19.9 Å². The largest absolute Gasteiger partial charge is 0.481 e. The average Bonchev–Trinajstić information content (AvgIpc) is 2.38. The molecular formula is C15H20N2O2. The second-order valence-electron chi connectivity index (χ2n) is 4.99. The maximum atomic E-state index is 11.8. The molecule has 1 aromatic carbocycles. The zero-order valence-electron chi connectivity index (χ0n) is 11.9. The van der Waals surface area contributed by atoms with Crippen molar-refractivity contribution < 1.29 is 9.53 Å². The summed E-state index contributed by atoms with van der Waals surface area (Å²) < 4.78 is 5.62. The number of aryl methyl sites for hydroxylation is 1. The van der Waals surface area contributed by atoms with Crippen LogP contribution in [0.1, 0.15) is 31.9 Å². The van der Waals surface area contributed by atoms with Crippen LogP contribution in [0, 0.1) is 24.2 Å². The molecule has 4 heteroatoms. The van der Waals surface area contributed by atoms with Gasteiger partial charge in [-0.2, -0.15) is 5.26 Å². The molecule has 0 radical (unpaired) electrons. The quantitative estimate of drug-likeness (QED) is 0.884. The molecule has 1 unspecified atom stereocenters. The molecule has 0 aliphatic heterocycles. The Labute approximate surface area is 114 Å². The topological polar surface area (TPSA) is 62.1 Å². The molecule has 4 nitrogen and oxygen atoms in total. The Balaban J connectivity index is 2.68. The number of ether oxygens (including phenoxy) is 1. The van der Waals surface area contributed by atoms with Crippen molar-refractivity contribution in [3.05, 3.63) is 29.3 Å². The first-order chi connectivity index (χ1) is 8.93. The predicted octanol–water partition coefficient (Wildman–Crippen LogP) is 2.41. The van der Waals surface area contributed by atoms with Crippen molar-refractivity contribution >= 4 is 5.91 Å². The molecule has 1 atom stereocenters. The van der Waals surface area contributed by atoms with E-state index in [1.54, 1.807) is 19.1 Å². The Morgan fingerprint density at radius 3 is 2.68 bits per heavy atom. The van der Waals surface area contributed by atoms with Gasteiger partial charge in [0.15, 0.2) is 6.10 Å². The minimum atomic E-state index is -0.577. The van der Waals surface area contributed by atoms with Crippen LogP contribution in [0.2, 0.25) is 0 Å². The summed E-state index contributed by atoms with van der Waals surface area (Å²) in [4.78, 5) is 11.8. The summed E-state index contributed by atoms with van der Waals surface area (Å²) in [6, 6.07) is 7.25. The van der Waals surface area contributed by atoms with Crippen molar-refractivity contribution in [2.45, 2.75) is 33.8 Å². The van der Waals surface area contributed by atoms with E-state index in [-0.39, 0.29) is 5.91 Å². The van der Waals surface area contributed by atoms with E-state index in [1.165, 1.54) is 0 Å². The van der Waals surface area contributed by atoms with Gasteiger partial charge in [0.1, 0.15) is 5.75 Å². The molecule has 0 saturated heterocycles. The van der Waals surface area contributed by atoms with Crippen molar-refractivity contribution in [3.63, 3.8) is 0 Å². The van der Waals surface area contributed by atoms with E-state index >= 15 is 0 Å². The summed E-state index contributed by atoms with van der Waals surface area (Å²) in [7, 11) is 0. The van der Waals surface area contributed by atoms with Crippen LogP contribution < -0.4 is 10.1 Å². The normalized spacial score (nSPS) is 11.8. The third kappa shape index (κ3) is 4.63. The Bertz CT molecular complexity index is 489. The minimum Gasteiger partial charge on any atom is -0.481 e. The van der Waals surface area contributed by atoms with E-state index < -0.39 is 6.10 Å². The number of nitrogens with zero attached hydrogens (tertiary/aromatic N) is 1. The molecule has 1 rings (SSSR count). The highest BCUT2D eigenvalue weighted by molar-refractivity contribution is 5.80. The van der Waals surface area contributed by atoms with E-state index in [9.17, 15) is 4.79 Å². The Kier molecular flexibility index (Phi) is 5.37. The molecule has 0 bridgehead atoms. The lowest BCUT2D eigenvalue weighted by Gasteiger charge is -2.17. The maximum Gasteiger partial charge on any atom is 0.260 e. The van der Waals surface area contributed by atoms with Crippen molar-refractivity contribution in [1.29, 1.82) is 5.26 Å². The van der Waals surface area contributed by atoms with Crippen LogP contribution in [0.4, 0.5) is 0 Å². The molecule has 0 aliphatic carbocycles. The summed E-state index contributed by atoms with van der Waals surface area (Å²) in [5.41, 5.74) is 1.43. The number of rotatable bonds is 5. The standard InChI is InChI=1S/C15H20N2O2/c1-10(2)9-17-15(18)12(4)19-14-7-13(8-16)6-5-11(14)3/h5-7,10,12H,9H2,1-4H3,(H,17,18). The van der Waals surface area contributed by atoms with Gasteiger partial charge in [0.05, 0.1) is 11.6 Å². The molecule has 1 aromatic rings. The van der Waals surface area contributed by atoms with Gasteiger partial charge in [0.2, 0.25) is 0 Å². The van der Waals surface area contributed by atoms with Gasteiger partial charge in [-0.15, -0.1) is 0 Å². The van der Waals surface area contributed by atoms with Crippen molar-refractivity contribution in [2.24, 2.45) is 5.92 Å². The molecule has 0 spiro atoms. The van der Waals surface area contributed by atoms with E-state index in [2.05, 4.69) is 11.4 Å². The van der Waals surface area contributed by atoms with Crippen LogP contribution >= 0.6 is 0 Å². The fraction of sp³-hybridized carbons (Fsp3) is 0.467. The van der Waals surface area contributed by atoms with E-state index in [0.717, 1.165) is 5.56 Å². The number of hydrogen-bond donors (Lipinski definition) is 1. The van der Waals surface area contributed by atoms with E-state index in [0.29, 0.717) is 23.8 Å². The van der Waals surface area contributed by atoms with Crippen molar-refractivity contribution in [3.8, 4) is 11.8 Å². The van der Waals surface area contributed by atoms with Crippen molar-refractivity contribution in [2.75, 3.05) is 6.54 Å². The number of hydrogen-bond acceptors (Lipinski definition) is 3. The molecule has 0 saturated carbocycles. The second-order valence-corrected chi connectivity index (χ2v) is 4.99. The molecule has 0 aliphatic rings.